The molecule has 4 nitrogen and oxygen atoms in total. The Morgan fingerprint density at radius 3 is 1.44 bits per heavy atom. The Kier molecular flexibility index (Phi) is 3.12. The number of nitrogens with zero attached hydrogens (tertiary/aromatic N) is 2. The van der Waals surface area contributed by atoms with Gasteiger partial charge in [-0.1, -0.05) is 0 Å². The van der Waals surface area contributed by atoms with Crippen molar-refractivity contribution in [3.63, 3.8) is 0 Å². The summed E-state index contributed by atoms with van der Waals surface area (Å²) in [5, 5.41) is 19.9. The van der Waals surface area contributed by atoms with Gasteiger partial charge in [-0.2, -0.15) is 0 Å². The molecule has 0 spiro atoms. The minimum absolute atomic E-state index is 0.0772. The molecule has 1 aromatic carbocycles. The van der Waals surface area contributed by atoms with E-state index in [0.717, 1.165) is 11.4 Å². The summed E-state index contributed by atoms with van der Waals surface area (Å²) >= 11 is 3.96. The fourth-order valence-corrected chi connectivity index (χ4v) is 2.37. The maximum absolute atomic E-state index is 9.95. The van der Waals surface area contributed by atoms with Crippen molar-refractivity contribution in [2.24, 2.45) is 0 Å². The first-order chi connectivity index (χ1) is 7.43. The number of aromatic hydroxyl groups is 2. The highest BCUT2D eigenvalue weighted by Crippen LogP contribution is 2.39. The van der Waals surface area contributed by atoms with Crippen LogP contribution in [0.3, 0.4) is 0 Å². The molecule has 1 aromatic heterocycles. The van der Waals surface area contributed by atoms with Gasteiger partial charge in [-0.15, -0.1) is 0 Å². The minimum Gasteiger partial charge on any atom is -0.505 e. The van der Waals surface area contributed by atoms with Gasteiger partial charge in [0.1, 0.15) is 11.0 Å². The summed E-state index contributed by atoms with van der Waals surface area (Å²) in [5.41, 5.74) is 2.20. The van der Waals surface area contributed by atoms with Gasteiger partial charge in [-0.3, -0.25) is 0 Å². The average molecular weight is 442 g/mol. The van der Waals surface area contributed by atoms with E-state index in [9.17, 15) is 10.2 Å². The quantitative estimate of drug-likeness (QED) is 0.487. The summed E-state index contributed by atoms with van der Waals surface area (Å²) in [6.07, 6.45) is 0. The third-order valence-electron chi connectivity index (χ3n) is 2.36. The van der Waals surface area contributed by atoms with E-state index in [0.29, 0.717) is 18.2 Å². The van der Waals surface area contributed by atoms with E-state index in [4.69, 9.17) is 0 Å². The van der Waals surface area contributed by atoms with Crippen LogP contribution in [0.25, 0.3) is 11.0 Å². The number of fused-ring (bicyclic) bond motifs is 1. The molecule has 2 aromatic rings. The van der Waals surface area contributed by atoms with Gasteiger partial charge in [0.15, 0.2) is 11.5 Å². The second kappa shape index (κ2) is 4.13. The van der Waals surface area contributed by atoms with Crippen LogP contribution in [0.2, 0.25) is 0 Å². The van der Waals surface area contributed by atoms with E-state index in [1.54, 1.807) is 0 Å². The Morgan fingerprint density at radius 2 is 1.12 bits per heavy atom. The SMILES string of the molecule is Cc1nc2c(O)c(I)c(I)c(O)c2nc1C. The lowest BCUT2D eigenvalue weighted by atomic mass is 10.2. The Hall–Kier alpha value is -0.380. The molecule has 0 radical (unpaired) electrons. The van der Waals surface area contributed by atoms with Gasteiger partial charge in [0.2, 0.25) is 0 Å². The van der Waals surface area contributed by atoms with Crippen molar-refractivity contribution < 1.29 is 10.2 Å². The molecule has 0 fully saturated rings. The van der Waals surface area contributed by atoms with E-state index in [2.05, 4.69) is 9.97 Å². The van der Waals surface area contributed by atoms with Crippen LogP contribution < -0.4 is 0 Å². The summed E-state index contributed by atoms with van der Waals surface area (Å²) < 4.78 is 1.20. The predicted molar refractivity (Wildman–Crippen MR) is 77.8 cm³/mol. The summed E-state index contributed by atoms with van der Waals surface area (Å²) in [7, 11) is 0. The van der Waals surface area contributed by atoms with Crippen LogP contribution >= 0.6 is 45.2 Å². The molecule has 2 N–H and O–H groups in total. The lowest BCUT2D eigenvalue weighted by molar-refractivity contribution is 0.460. The molecule has 0 aliphatic heterocycles. The molecule has 0 amide bonds. The van der Waals surface area contributed by atoms with Gasteiger partial charge in [-0.05, 0) is 59.0 Å². The number of halogens is 2. The summed E-state index contributed by atoms with van der Waals surface area (Å²) in [5.74, 6) is 0.154. The van der Waals surface area contributed by atoms with Gasteiger partial charge in [-0.25, -0.2) is 9.97 Å². The fourth-order valence-electron chi connectivity index (χ4n) is 1.35. The zero-order valence-electron chi connectivity index (χ0n) is 8.54. The molecular weight excluding hydrogens is 434 g/mol. The average Bonchev–Trinajstić information content (AvgIpc) is 2.26. The monoisotopic (exact) mass is 442 g/mol. The van der Waals surface area contributed by atoms with Crippen molar-refractivity contribution in [3.05, 3.63) is 18.5 Å². The standard InChI is InChI=1S/C10H8I2N2O2/c1-3-4(2)14-8-7(13-3)9(15)5(11)6(12)10(8)16/h15-16H,1-2H3. The third-order valence-corrected chi connectivity index (χ3v) is 5.50. The maximum Gasteiger partial charge on any atom is 0.158 e. The van der Waals surface area contributed by atoms with Crippen molar-refractivity contribution in [1.29, 1.82) is 0 Å². The summed E-state index contributed by atoms with van der Waals surface area (Å²) in [6.45, 7) is 3.65. The minimum atomic E-state index is 0.0772. The lowest BCUT2D eigenvalue weighted by Gasteiger charge is -2.09. The smallest absolute Gasteiger partial charge is 0.158 e. The Morgan fingerprint density at radius 1 is 0.812 bits per heavy atom. The molecule has 16 heavy (non-hydrogen) atoms. The van der Waals surface area contributed by atoms with Crippen molar-refractivity contribution in [3.8, 4) is 11.5 Å². The Bertz CT molecular complexity index is 547. The second-order valence-electron chi connectivity index (χ2n) is 3.42. The summed E-state index contributed by atoms with van der Waals surface area (Å²) in [6, 6.07) is 0. The number of aromatic nitrogens is 2. The number of hydrogen-bond acceptors (Lipinski definition) is 4. The lowest BCUT2D eigenvalue weighted by Crippen LogP contribution is -1.96. The first kappa shape index (κ1) is 12.1. The van der Waals surface area contributed by atoms with Crippen molar-refractivity contribution in [2.45, 2.75) is 13.8 Å². The van der Waals surface area contributed by atoms with E-state index >= 15 is 0 Å². The molecule has 2 rings (SSSR count). The first-order valence-electron chi connectivity index (χ1n) is 4.47. The number of phenolic OH excluding ortho intramolecular Hbond substituents is 2. The Labute approximate surface area is 119 Å². The van der Waals surface area contributed by atoms with Crippen LogP contribution in [0.1, 0.15) is 11.4 Å². The number of hydrogen-bond donors (Lipinski definition) is 2. The van der Waals surface area contributed by atoms with Crippen LogP contribution in [0.4, 0.5) is 0 Å². The van der Waals surface area contributed by atoms with Gasteiger partial charge in [0.25, 0.3) is 0 Å². The molecule has 0 saturated carbocycles. The number of phenols is 2. The molecular formula is C10H8I2N2O2. The van der Waals surface area contributed by atoms with Crippen molar-refractivity contribution in [2.75, 3.05) is 0 Å². The topological polar surface area (TPSA) is 66.2 Å². The highest BCUT2D eigenvalue weighted by atomic mass is 127. The predicted octanol–water partition coefficient (Wildman–Crippen LogP) is 2.87. The molecule has 1 heterocycles. The number of aryl methyl sites for hydroxylation is 2. The molecule has 0 unspecified atom stereocenters. The third kappa shape index (κ3) is 1.71. The first-order valence-corrected chi connectivity index (χ1v) is 6.63. The van der Waals surface area contributed by atoms with E-state index in [1.165, 1.54) is 0 Å². The number of benzene rings is 1. The van der Waals surface area contributed by atoms with Gasteiger partial charge in [0, 0.05) is 0 Å². The van der Waals surface area contributed by atoms with E-state index in [-0.39, 0.29) is 11.5 Å². The highest BCUT2D eigenvalue weighted by Gasteiger charge is 2.18. The van der Waals surface area contributed by atoms with Crippen molar-refractivity contribution in [1.82, 2.24) is 9.97 Å². The molecule has 6 heteroatoms. The van der Waals surface area contributed by atoms with Gasteiger partial charge in [0.05, 0.1) is 18.5 Å². The fraction of sp³-hybridized carbons (Fsp3) is 0.200. The molecule has 84 valence electrons. The van der Waals surface area contributed by atoms with Crippen LogP contribution in [-0.4, -0.2) is 20.2 Å². The normalized spacial score (nSPS) is 11.0. The largest absolute Gasteiger partial charge is 0.505 e. The zero-order chi connectivity index (χ0) is 12.0. The highest BCUT2D eigenvalue weighted by molar-refractivity contribution is 14.1. The van der Waals surface area contributed by atoms with E-state index in [1.807, 2.05) is 59.0 Å². The van der Waals surface area contributed by atoms with Gasteiger partial charge >= 0.3 is 0 Å². The number of rotatable bonds is 0. The van der Waals surface area contributed by atoms with Crippen LogP contribution in [0.5, 0.6) is 11.5 Å². The van der Waals surface area contributed by atoms with Gasteiger partial charge < -0.3 is 10.2 Å². The molecule has 0 aliphatic rings. The van der Waals surface area contributed by atoms with Crippen LogP contribution in [0.15, 0.2) is 0 Å². The zero-order valence-corrected chi connectivity index (χ0v) is 12.9. The summed E-state index contributed by atoms with van der Waals surface area (Å²) in [4.78, 5) is 8.51. The second-order valence-corrected chi connectivity index (χ2v) is 5.57. The van der Waals surface area contributed by atoms with Crippen LogP contribution in [-0.2, 0) is 0 Å². The van der Waals surface area contributed by atoms with Crippen molar-refractivity contribution >= 4 is 56.2 Å². The maximum atomic E-state index is 9.95. The molecule has 0 bridgehead atoms. The molecule has 0 saturated heterocycles. The molecule has 0 atom stereocenters. The van der Waals surface area contributed by atoms with Crippen LogP contribution in [0, 0.1) is 21.0 Å². The molecule has 0 aliphatic carbocycles. The Balaban J connectivity index is 3.02. The van der Waals surface area contributed by atoms with E-state index < -0.39 is 0 Å².